The van der Waals surface area contributed by atoms with Crippen LogP contribution in [0.25, 0.3) is 16.8 Å². The van der Waals surface area contributed by atoms with Gasteiger partial charge >= 0.3 is 5.97 Å². The largest absolute Gasteiger partial charge is 0.481 e. The van der Waals surface area contributed by atoms with Gasteiger partial charge in [-0.15, -0.1) is 0 Å². The SMILES string of the molecule is Nc1c(Br)c([C@H]2CC[C@H](C(=O)O)CC2)nc2c(-c3cnn(Cc4ccccc4)c3)cnn12. The molecule has 4 aromatic rings. The number of hydrogen-bond donors (Lipinski definition) is 2. The molecule has 0 radical (unpaired) electrons. The Labute approximate surface area is 193 Å². The fourth-order valence-electron chi connectivity index (χ4n) is 4.46. The smallest absolute Gasteiger partial charge is 0.306 e. The van der Waals surface area contributed by atoms with E-state index in [1.165, 1.54) is 5.56 Å². The number of nitrogens with two attached hydrogens (primary N) is 1. The molecule has 3 aromatic heterocycles. The molecule has 8 nitrogen and oxygen atoms in total. The first-order chi connectivity index (χ1) is 15.5. The molecule has 3 N–H and O–H groups in total. The van der Waals surface area contributed by atoms with Crippen LogP contribution < -0.4 is 5.73 Å². The van der Waals surface area contributed by atoms with Gasteiger partial charge < -0.3 is 10.8 Å². The lowest BCUT2D eigenvalue weighted by Gasteiger charge is -2.26. The number of carbonyl (C=O) groups is 1. The van der Waals surface area contributed by atoms with Gasteiger partial charge in [0.15, 0.2) is 5.65 Å². The second kappa shape index (κ2) is 8.38. The number of hydrogen-bond acceptors (Lipinski definition) is 5. The van der Waals surface area contributed by atoms with E-state index in [0.717, 1.165) is 34.1 Å². The maximum atomic E-state index is 11.3. The van der Waals surface area contributed by atoms with Crippen molar-refractivity contribution in [2.75, 3.05) is 5.73 Å². The van der Waals surface area contributed by atoms with E-state index in [-0.39, 0.29) is 11.8 Å². The fraction of sp³-hybridized carbons (Fsp3) is 0.304. The second-order valence-corrected chi connectivity index (χ2v) is 9.08. The number of halogens is 1. The van der Waals surface area contributed by atoms with Crippen LogP contribution in [-0.2, 0) is 11.3 Å². The van der Waals surface area contributed by atoms with Gasteiger partial charge in [0.2, 0.25) is 0 Å². The standard InChI is InChI=1S/C23H23BrN6O2/c24-19-20(15-6-8-16(9-7-15)23(31)32)28-22-18(11-27-30(22)21(19)25)17-10-26-29(13-17)12-14-4-2-1-3-5-14/h1-5,10-11,13,15-16H,6-9,12,25H2,(H,31,32)/t15-,16-. The Morgan fingerprint density at radius 1 is 1.12 bits per heavy atom. The summed E-state index contributed by atoms with van der Waals surface area (Å²) in [6, 6.07) is 10.2. The lowest BCUT2D eigenvalue weighted by molar-refractivity contribution is -0.142. The molecule has 0 bridgehead atoms. The molecule has 1 aliphatic carbocycles. The summed E-state index contributed by atoms with van der Waals surface area (Å²) in [6.45, 7) is 0.680. The molecule has 1 fully saturated rings. The molecule has 3 heterocycles. The predicted octanol–water partition coefficient (Wildman–Crippen LogP) is 4.34. The Balaban J connectivity index is 1.47. The van der Waals surface area contributed by atoms with Crippen molar-refractivity contribution in [1.29, 1.82) is 0 Å². The number of rotatable bonds is 5. The number of carboxylic acids is 1. The molecule has 1 saturated carbocycles. The topological polar surface area (TPSA) is 111 Å². The van der Waals surface area contributed by atoms with Gasteiger partial charge in [-0.25, -0.2) is 4.98 Å². The number of anilines is 1. The number of benzene rings is 1. The lowest BCUT2D eigenvalue weighted by Crippen LogP contribution is -2.21. The molecule has 0 amide bonds. The summed E-state index contributed by atoms with van der Waals surface area (Å²) in [6.07, 6.45) is 8.42. The quantitative estimate of drug-likeness (QED) is 0.426. The molecule has 9 heteroatoms. The molecule has 0 spiro atoms. The van der Waals surface area contributed by atoms with E-state index >= 15 is 0 Å². The third-order valence-electron chi connectivity index (χ3n) is 6.24. The summed E-state index contributed by atoms with van der Waals surface area (Å²) in [4.78, 5) is 16.3. The number of aliphatic carboxylic acids is 1. The number of fused-ring (bicyclic) bond motifs is 1. The van der Waals surface area contributed by atoms with E-state index in [0.29, 0.717) is 30.9 Å². The van der Waals surface area contributed by atoms with Crippen molar-refractivity contribution in [2.24, 2.45) is 5.92 Å². The van der Waals surface area contributed by atoms with Gasteiger partial charge in [0, 0.05) is 23.2 Å². The number of carboxylic acid groups (broad SMARTS) is 1. The van der Waals surface area contributed by atoms with Crippen molar-refractivity contribution in [1.82, 2.24) is 24.4 Å². The monoisotopic (exact) mass is 494 g/mol. The van der Waals surface area contributed by atoms with Crippen LogP contribution in [0.4, 0.5) is 5.82 Å². The van der Waals surface area contributed by atoms with Gasteiger partial charge in [0.25, 0.3) is 0 Å². The molecule has 0 atom stereocenters. The van der Waals surface area contributed by atoms with Crippen molar-refractivity contribution < 1.29 is 9.90 Å². The Morgan fingerprint density at radius 3 is 2.59 bits per heavy atom. The van der Waals surface area contributed by atoms with Crippen molar-refractivity contribution in [3.05, 3.63) is 64.7 Å². The maximum Gasteiger partial charge on any atom is 0.306 e. The molecule has 164 valence electrons. The van der Waals surface area contributed by atoms with Crippen LogP contribution in [0.15, 0.2) is 53.4 Å². The van der Waals surface area contributed by atoms with E-state index in [1.807, 2.05) is 35.3 Å². The molecular formula is C23H23BrN6O2. The predicted molar refractivity (Wildman–Crippen MR) is 124 cm³/mol. The minimum Gasteiger partial charge on any atom is -0.481 e. The Hall–Kier alpha value is -3.20. The van der Waals surface area contributed by atoms with Gasteiger partial charge in [-0.3, -0.25) is 9.48 Å². The highest BCUT2D eigenvalue weighted by molar-refractivity contribution is 9.10. The maximum absolute atomic E-state index is 11.3. The molecular weight excluding hydrogens is 472 g/mol. The van der Waals surface area contributed by atoms with Crippen molar-refractivity contribution in [3.63, 3.8) is 0 Å². The third kappa shape index (κ3) is 3.77. The van der Waals surface area contributed by atoms with Gasteiger partial charge in [0.05, 0.1) is 35.0 Å². The van der Waals surface area contributed by atoms with Crippen LogP contribution in [-0.4, -0.2) is 35.5 Å². The summed E-state index contributed by atoms with van der Waals surface area (Å²) >= 11 is 3.61. The van der Waals surface area contributed by atoms with Crippen molar-refractivity contribution in [3.8, 4) is 11.1 Å². The van der Waals surface area contributed by atoms with E-state index in [9.17, 15) is 9.90 Å². The fourth-order valence-corrected chi connectivity index (χ4v) is 5.04. The van der Waals surface area contributed by atoms with Crippen LogP contribution in [0.5, 0.6) is 0 Å². The molecule has 32 heavy (non-hydrogen) atoms. The van der Waals surface area contributed by atoms with E-state index < -0.39 is 5.97 Å². The van der Waals surface area contributed by atoms with Crippen molar-refractivity contribution >= 4 is 33.4 Å². The Morgan fingerprint density at radius 2 is 1.88 bits per heavy atom. The number of nitrogen functional groups attached to an aromatic ring is 1. The first kappa shape index (κ1) is 20.7. The molecule has 1 aliphatic rings. The van der Waals surface area contributed by atoms with E-state index in [4.69, 9.17) is 10.7 Å². The highest BCUT2D eigenvalue weighted by atomic mass is 79.9. The number of aromatic nitrogens is 5. The first-order valence-corrected chi connectivity index (χ1v) is 11.4. The van der Waals surface area contributed by atoms with Gasteiger partial charge in [0.1, 0.15) is 5.82 Å². The summed E-state index contributed by atoms with van der Waals surface area (Å²) in [5, 5.41) is 18.3. The van der Waals surface area contributed by atoms with Crippen molar-refractivity contribution in [2.45, 2.75) is 38.1 Å². The number of nitrogens with zero attached hydrogens (tertiary/aromatic N) is 5. The molecule has 1 aromatic carbocycles. The zero-order chi connectivity index (χ0) is 22.2. The molecule has 0 unspecified atom stereocenters. The van der Waals surface area contributed by atoms with Gasteiger partial charge in [-0.05, 0) is 47.2 Å². The average molecular weight is 495 g/mol. The third-order valence-corrected chi connectivity index (χ3v) is 7.06. The second-order valence-electron chi connectivity index (χ2n) is 8.29. The van der Waals surface area contributed by atoms with Crippen LogP contribution in [0, 0.1) is 5.92 Å². The van der Waals surface area contributed by atoms with Gasteiger partial charge in [-0.2, -0.15) is 14.7 Å². The van der Waals surface area contributed by atoms with E-state index in [2.05, 4.69) is 38.3 Å². The summed E-state index contributed by atoms with van der Waals surface area (Å²) in [7, 11) is 0. The van der Waals surface area contributed by atoms with Crippen LogP contribution in [0.1, 0.15) is 42.9 Å². The van der Waals surface area contributed by atoms with Crippen LogP contribution in [0.3, 0.4) is 0 Å². The highest BCUT2D eigenvalue weighted by Crippen LogP contribution is 2.40. The summed E-state index contributed by atoms with van der Waals surface area (Å²) < 4.78 is 4.27. The zero-order valence-electron chi connectivity index (χ0n) is 17.4. The minimum atomic E-state index is -0.712. The molecule has 5 rings (SSSR count). The zero-order valence-corrected chi connectivity index (χ0v) is 18.9. The molecule has 0 saturated heterocycles. The van der Waals surface area contributed by atoms with Gasteiger partial charge in [-0.1, -0.05) is 30.3 Å². The van der Waals surface area contributed by atoms with Crippen LogP contribution >= 0.6 is 15.9 Å². The Bertz CT molecular complexity index is 1270. The molecule has 0 aliphatic heterocycles. The van der Waals surface area contributed by atoms with E-state index in [1.54, 1.807) is 10.7 Å². The Kier molecular flexibility index (Phi) is 5.42. The average Bonchev–Trinajstić information content (AvgIpc) is 3.44. The normalized spacial score (nSPS) is 18.8. The minimum absolute atomic E-state index is 0.163. The first-order valence-electron chi connectivity index (χ1n) is 10.6. The summed E-state index contributed by atoms with van der Waals surface area (Å²) in [5.41, 5.74) is 10.9. The highest BCUT2D eigenvalue weighted by Gasteiger charge is 2.30. The summed E-state index contributed by atoms with van der Waals surface area (Å²) in [5.74, 6) is -0.327. The lowest BCUT2D eigenvalue weighted by atomic mass is 9.80. The van der Waals surface area contributed by atoms with Crippen LogP contribution in [0.2, 0.25) is 0 Å².